The van der Waals surface area contributed by atoms with Gasteiger partial charge in [-0.1, -0.05) is 25.4 Å². The van der Waals surface area contributed by atoms with Gasteiger partial charge in [0.1, 0.15) is 17.5 Å². The normalized spacial score (nSPS) is 11.1. The van der Waals surface area contributed by atoms with Crippen molar-refractivity contribution in [2.45, 2.75) is 33.6 Å². The summed E-state index contributed by atoms with van der Waals surface area (Å²) < 4.78 is 15.2. The molecule has 0 atom stereocenters. The third-order valence-electron chi connectivity index (χ3n) is 4.21. The minimum atomic E-state index is -0.366. The molecule has 0 saturated heterocycles. The average molecular weight is 376 g/mol. The van der Waals surface area contributed by atoms with Gasteiger partial charge in [0.2, 0.25) is 0 Å². The van der Waals surface area contributed by atoms with Crippen molar-refractivity contribution in [1.82, 2.24) is 14.6 Å². The van der Waals surface area contributed by atoms with Gasteiger partial charge in [0.25, 0.3) is 0 Å². The van der Waals surface area contributed by atoms with E-state index in [1.165, 1.54) is 12.1 Å². The van der Waals surface area contributed by atoms with Crippen molar-refractivity contribution in [1.29, 1.82) is 0 Å². The number of halogens is 2. The molecule has 3 aromatic rings. The first kappa shape index (κ1) is 18.5. The summed E-state index contributed by atoms with van der Waals surface area (Å²) in [7, 11) is 0. The van der Waals surface area contributed by atoms with Crippen molar-refractivity contribution in [3.8, 4) is 0 Å². The number of benzene rings is 1. The maximum absolute atomic E-state index is 13.3. The number of hydrogen-bond acceptors (Lipinski definition) is 4. The van der Waals surface area contributed by atoms with Crippen LogP contribution >= 0.6 is 11.6 Å². The van der Waals surface area contributed by atoms with Crippen molar-refractivity contribution in [3.05, 3.63) is 46.9 Å². The lowest BCUT2D eigenvalue weighted by Gasteiger charge is -2.27. The minimum absolute atomic E-state index is 0.320. The molecule has 0 fully saturated rings. The van der Waals surface area contributed by atoms with E-state index in [4.69, 9.17) is 11.6 Å². The first-order chi connectivity index (χ1) is 12.5. The number of rotatable bonds is 7. The summed E-state index contributed by atoms with van der Waals surface area (Å²) >= 11 is 6.17. The van der Waals surface area contributed by atoms with E-state index in [1.54, 1.807) is 12.3 Å². The number of anilines is 3. The highest BCUT2D eigenvalue weighted by molar-refractivity contribution is 6.33. The second kappa shape index (κ2) is 7.91. The van der Waals surface area contributed by atoms with Gasteiger partial charge in [-0.2, -0.15) is 9.61 Å². The minimum Gasteiger partial charge on any atom is -0.356 e. The zero-order chi connectivity index (χ0) is 18.7. The molecule has 5 nitrogen and oxygen atoms in total. The molecule has 0 saturated carbocycles. The molecule has 138 valence electrons. The average Bonchev–Trinajstić information content (AvgIpc) is 3.06. The van der Waals surface area contributed by atoms with Crippen LogP contribution in [-0.4, -0.2) is 27.7 Å². The Bertz CT molecular complexity index is 902. The molecule has 26 heavy (non-hydrogen) atoms. The summed E-state index contributed by atoms with van der Waals surface area (Å²) in [6, 6.07) is 6.16. The number of nitrogens with one attached hydrogen (secondary N) is 1. The van der Waals surface area contributed by atoms with Crippen molar-refractivity contribution in [3.63, 3.8) is 0 Å². The molecular formula is C19H23ClFN5. The van der Waals surface area contributed by atoms with Gasteiger partial charge in [0.05, 0.1) is 16.9 Å². The predicted octanol–water partition coefficient (Wildman–Crippen LogP) is 5.20. The first-order valence-electron chi connectivity index (χ1n) is 8.86. The SMILES string of the molecule is CCCN(CCC)c1c(C)c(Nc2ccc(F)cc2Cl)nc2ccnn12. The third-order valence-corrected chi connectivity index (χ3v) is 4.52. The van der Waals surface area contributed by atoms with Gasteiger partial charge >= 0.3 is 0 Å². The van der Waals surface area contributed by atoms with Crippen LogP contribution in [0.1, 0.15) is 32.3 Å². The highest BCUT2D eigenvalue weighted by atomic mass is 35.5. The summed E-state index contributed by atoms with van der Waals surface area (Å²) in [6.07, 6.45) is 3.82. The Morgan fingerprint density at radius 3 is 2.58 bits per heavy atom. The van der Waals surface area contributed by atoms with E-state index in [-0.39, 0.29) is 5.82 Å². The molecule has 0 radical (unpaired) electrons. The summed E-state index contributed by atoms with van der Waals surface area (Å²) in [5, 5.41) is 8.02. The Balaban J connectivity index is 2.10. The molecule has 1 N–H and O–H groups in total. The molecule has 1 aromatic carbocycles. The van der Waals surface area contributed by atoms with Crippen LogP contribution in [0, 0.1) is 12.7 Å². The molecule has 2 heterocycles. The summed E-state index contributed by atoms with van der Waals surface area (Å²) in [5.41, 5.74) is 2.35. The fourth-order valence-corrected chi connectivity index (χ4v) is 3.30. The highest BCUT2D eigenvalue weighted by Gasteiger charge is 2.18. The van der Waals surface area contributed by atoms with Crippen LogP contribution in [0.4, 0.5) is 21.7 Å². The Morgan fingerprint density at radius 1 is 1.19 bits per heavy atom. The van der Waals surface area contributed by atoms with E-state index < -0.39 is 0 Å². The second-order valence-corrected chi connectivity index (χ2v) is 6.65. The predicted molar refractivity (Wildman–Crippen MR) is 105 cm³/mol. The Labute approximate surface area is 157 Å². The smallest absolute Gasteiger partial charge is 0.159 e. The summed E-state index contributed by atoms with van der Waals surface area (Å²) in [6.45, 7) is 8.21. The number of aromatic nitrogens is 3. The van der Waals surface area contributed by atoms with Gasteiger partial charge in [-0.15, -0.1) is 0 Å². The molecule has 7 heteroatoms. The van der Waals surface area contributed by atoms with Crippen molar-refractivity contribution >= 4 is 34.6 Å². The van der Waals surface area contributed by atoms with E-state index in [0.29, 0.717) is 16.5 Å². The molecule has 0 aliphatic rings. The first-order valence-corrected chi connectivity index (χ1v) is 9.24. The number of fused-ring (bicyclic) bond motifs is 1. The molecule has 0 spiro atoms. The van der Waals surface area contributed by atoms with Crippen LogP contribution in [0.5, 0.6) is 0 Å². The Kier molecular flexibility index (Phi) is 5.61. The lowest BCUT2D eigenvalue weighted by Crippen LogP contribution is -2.28. The molecule has 0 bridgehead atoms. The van der Waals surface area contributed by atoms with Crippen LogP contribution in [-0.2, 0) is 0 Å². The quantitative estimate of drug-likeness (QED) is 0.616. The maximum atomic E-state index is 13.3. The monoisotopic (exact) mass is 375 g/mol. The van der Waals surface area contributed by atoms with Gasteiger partial charge in [0.15, 0.2) is 5.65 Å². The zero-order valence-electron chi connectivity index (χ0n) is 15.3. The van der Waals surface area contributed by atoms with E-state index >= 15 is 0 Å². The third kappa shape index (κ3) is 3.60. The van der Waals surface area contributed by atoms with Crippen LogP contribution < -0.4 is 10.2 Å². The van der Waals surface area contributed by atoms with Gasteiger partial charge in [-0.3, -0.25) is 0 Å². The maximum Gasteiger partial charge on any atom is 0.159 e. The molecular weight excluding hydrogens is 353 g/mol. The Morgan fingerprint density at radius 2 is 1.92 bits per heavy atom. The highest BCUT2D eigenvalue weighted by Crippen LogP contribution is 2.31. The fourth-order valence-electron chi connectivity index (χ4n) is 3.08. The lowest BCUT2D eigenvalue weighted by molar-refractivity contribution is 0.628. The van der Waals surface area contributed by atoms with Crippen LogP contribution in [0.3, 0.4) is 0 Å². The standard InChI is InChI=1S/C19H23ClFN5/c1-4-10-25(11-5-2)19-13(3)18(24-17-8-9-22-26(17)19)23-16-7-6-14(21)12-15(16)20/h6-9,12H,4-5,10-11H2,1-3H3,(H,23,24). The molecule has 0 amide bonds. The van der Waals surface area contributed by atoms with Gasteiger partial charge < -0.3 is 10.2 Å². The zero-order valence-corrected chi connectivity index (χ0v) is 16.0. The summed E-state index contributed by atoms with van der Waals surface area (Å²) in [4.78, 5) is 7.00. The van der Waals surface area contributed by atoms with Gasteiger partial charge in [-0.25, -0.2) is 9.37 Å². The van der Waals surface area contributed by atoms with Crippen molar-refractivity contribution in [2.24, 2.45) is 0 Å². The van der Waals surface area contributed by atoms with Crippen LogP contribution in [0.25, 0.3) is 5.65 Å². The molecule has 3 rings (SSSR count). The largest absolute Gasteiger partial charge is 0.356 e. The van der Waals surface area contributed by atoms with E-state index in [0.717, 1.165) is 43.0 Å². The topological polar surface area (TPSA) is 45.5 Å². The molecule has 0 aliphatic carbocycles. The van der Waals surface area contributed by atoms with Gasteiger partial charge in [0, 0.05) is 24.7 Å². The Hall–Kier alpha value is -2.34. The van der Waals surface area contributed by atoms with E-state index in [2.05, 4.69) is 34.1 Å². The van der Waals surface area contributed by atoms with E-state index in [9.17, 15) is 4.39 Å². The number of hydrogen-bond donors (Lipinski definition) is 1. The lowest BCUT2D eigenvalue weighted by atomic mass is 10.2. The summed E-state index contributed by atoms with van der Waals surface area (Å²) in [5.74, 6) is 1.34. The molecule has 0 unspecified atom stereocenters. The molecule has 2 aromatic heterocycles. The van der Waals surface area contributed by atoms with Crippen molar-refractivity contribution in [2.75, 3.05) is 23.3 Å². The van der Waals surface area contributed by atoms with Gasteiger partial charge in [-0.05, 0) is 38.0 Å². The van der Waals surface area contributed by atoms with E-state index in [1.807, 2.05) is 17.5 Å². The molecule has 0 aliphatic heterocycles. The fraction of sp³-hybridized carbons (Fsp3) is 0.368. The van der Waals surface area contributed by atoms with Crippen molar-refractivity contribution < 1.29 is 4.39 Å². The number of nitrogens with zero attached hydrogens (tertiary/aromatic N) is 4. The van der Waals surface area contributed by atoms with Crippen LogP contribution in [0.2, 0.25) is 5.02 Å². The second-order valence-electron chi connectivity index (χ2n) is 6.25. The van der Waals surface area contributed by atoms with Crippen LogP contribution in [0.15, 0.2) is 30.5 Å².